The third kappa shape index (κ3) is 6.28. The maximum Gasteiger partial charge on any atom is 0.416 e. The minimum atomic E-state index is -4.81. The van der Waals surface area contributed by atoms with Gasteiger partial charge in [0.2, 0.25) is 5.91 Å². The van der Waals surface area contributed by atoms with E-state index in [-0.39, 0.29) is 37.4 Å². The highest BCUT2D eigenvalue weighted by molar-refractivity contribution is 7.90. The third-order valence-electron chi connectivity index (χ3n) is 8.06. The first kappa shape index (κ1) is 32.9. The van der Waals surface area contributed by atoms with Gasteiger partial charge >= 0.3 is 12.2 Å². The zero-order valence-electron chi connectivity index (χ0n) is 24.4. The fourth-order valence-electron chi connectivity index (χ4n) is 5.54. The van der Waals surface area contributed by atoms with Crippen molar-refractivity contribution in [1.82, 2.24) is 20.0 Å². The smallest absolute Gasteiger partial charge is 0.341 e. The molecule has 1 spiro atoms. The lowest BCUT2D eigenvalue weighted by Crippen LogP contribution is -2.60. The van der Waals surface area contributed by atoms with Gasteiger partial charge in [-0.05, 0) is 54.7 Å². The molecule has 0 aliphatic carbocycles. The fraction of sp³-hybridized carbons (Fsp3) is 0.448. The van der Waals surface area contributed by atoms with Gasteiger partial charge in [-0.2, -0.15) is 13.2 Å². The Balaban J connectivity index is 1.52. The second-order valence-electron chi connectivity index (χ2n) is 11.4. The number of hydrogen-bond donors (Lipinski definition) is 1. The molecule has 2 aromatic carbocycles. The molecule has 1 N–H and O–H groups in total. The number of benzene rings is 2. The van der Waals surface area contributed by atoms with Crippen molar-refractivity contribution in [2.75, 3.05) is 26.4 Å². The van der Waals surface area contributed by atoms with Gasteiger partial charge in [-0.15, -0.1) is 0 Å². The van der Waals surface area contributed by atoms with Crippen LogP contribution in [-0.2, 0) is 32.1 Å². The van der Waals surface area contributed by atoms with Crippen molar-refractivity contribution in [3.63, 3.8) is 0 Å². The summed E-state index contributed by atoms with van der Waals surface area (Å²) in [6.45, 7) is 3.17. The van der Waals surface area contributed by atoms with E-state index in [4.69, 9.17) is 0 Å². The summed E-state index contributed by atoms with van der Waals surface area (Å²) in [5, 5.41) is 2.37. The van der Waals surface area contributed by atoms with Crippen LogP contribution in [0.2, 0.25) is 0 Å². The monoisotopic (exact) mass is 640 g/mol. The van der Waals surface area contributed by atoms with Crippen molar-refractivity contribution < 1.29 is 45.2 Å². The van der Waals surface area contributed by atoms with Gasteiger partial charge < -0.3 is 15.1 Å². The lowest BCUT2D eigenvalue weighted by atomic mass is 9.85. The number of carbonyl (C=O) groups is 4. The van der Waals surface area contributed by atoms with Gasteiger partial charge in [0.25, 0.3) is 11.8 Å². The maximum atomic E-state index is 14.3. The first-order valence-electron chi connectivity index (χ1n) is 13.7. The molecule has 2 aliphatic heterocycles. The van der Waals surface area contributed by atoms with Gasteiger partial charge in [0.15, 0.2) is 9.84 Å². The Kier molecular flexibility index (Phi) is 8.84. The third-order valence-corrected chi connectivity index (χ3v) is 9.17. The highest BCUT2D eigenvalue weighted by atomic mass is 32.2. The zero-order chi connectivity index (χ0) is 32.8. The van der Waals surface area contributed by atoms with Crippen LogP contribution in [0.4, 0.5) is 22.4 Å². The fourth-order valence-corrected chi connectivity index (χ4v) is 6.23. The second-order valence-corrected chi connectivity index (χ2v) is 13.4. The van der Waals surface area contributed by atoms with Crippen LogP contribution in [0.5, 0.6) is 0 Å². The van der Waals surface area contributed by atoms with E-state index < -0.39 is 74.2 Å². The molecule has 1 unspecified atom stereocenters. The Hall–Kier alpha value is -4.01. The van der Waals surface area contributed by atoms with E-state index in [2.05, 4.69) is 5.32 Å². The van der Waals surface area contributed by atoms with Crippen LogP contribution in [0.3, 0.4) is 0 Å². The number of piperidine rings is 1. The van der Waals surface area contributed by atoms with Gasteiger partial charge in [-0.1, -0.05) is 26.0 Å². The lowest BCUT2D eigenvalue weighted by molar-refractivity contribution is -0.142. The number of likely N-dealkylation sites (tertiary alicyclic amines) is 1. The van der Waals surface area contributed by atoms with Crippen LogP contribution < -0.4 is 5.32 Å². The SMILES string of the molecule is CC(C)C(NC(=O)c1cc(C(F)(F)F)ccc1F)C(=O)N1CCC2(CC1)C(=O)N(C)C(=O)N2Cc1cccc(S(C)(=O)=O)c1. The molecule has 2 aromatic rings. The van der Waals surface area contributed by atoms with Gasteiger partial charge in [-0.3, -0.25) is 19.3 Å². The predicted molar refractivity (Wildman–Crippen MR) is 149 cm³/mol. The van der Waals surface area contributed by atoms with Crippen molar-refractivity contribution in [2.24, 2.45) is 5.92 Å². The summed E-state index contributed by atoms with van der Waals surface area (Å²) in [5.74, 6) is -3.94. The number of sulfone groups is 1. The molecule has 5 amide bonds. The number of hydrogen-bond acceptors (Lipinski definition) is 6. The molecule has 44 heavy (non-hydrogen) atoms. The highest BCUT2D eigenvalue weighted by Gasteiger charge is 2.57. The minimum absolute atomic E-state index is 0.00256. The number of nitrogens with zero attached hydrogens (tertiary/aromatic N) is 3. The molecule has 2 heterocycles. The summed E-state index contributed by atoms with van der Waals surface area (Å²) in [7, 11) is -2.18. The topological polar surface area (TPSA) is 124 Å². The molecule has 0 aromatic heterocycles. The van der Waals surface area contributed by atoms with E-state index in [0.29, 0.717) is 23.8 Å². The van der Waals surface area contributed by atoms with Crippen LogP contribution in [0, 0.1) is 11.7 Å². The van der Waals surface area contributed by atoms with Crippen molar-refractivity contribution in [3.8, 4) is 0 Å². The first-order valence-corrected chi connectivity index (χ1v) is 15.6. The van der Waals surface area contributed by atoms with Crippen LogP contribution >= 0.6 is 0 Å². The standard InChI is InChI=1S/C29H32F4N4O6S/c1-17(2)23(34-24(38)21-15-19(29(31,32)33)8-9-22(21)30)25(39)36-12-10-28(11-13-36)26(40)35(3)27(41)37(28)16-18-6-5-7-20(14-18)44(4,42)43/h5-9,14-15,17,23H,10-13,16H2,1-4H3,(H,34,38). The molecule has 2 fully saturated rings. The van der Waals surface area contributed by atoms with E-state index >= 15 is 0 Å². The van der Waals surface area contributed by atoms with E-state index in [1.807, 2.05) is 0 Å². The van der Waals surface area contributed by atoms with Crippen molar-refractivity contribution in [2.45, 2.75) is 55.9 Å². The number of carbonyl (C=O) groups excluding carboxylic acids is 4. The quantitative estimate of drug-likeness (QED) is 0.365. The number of halogens is 4. The molecule has 15 heteroatoms. The summed E-state index contributed by atoms with van der Waals surface area (Å²) in [6, 6.07) is 5.67. The maximum absolute atomic E-state index is 14.3. The molecule has 10 nitrogen and oxygen atoms in total. The average Bonchev–Trinajstić information content (AvgIpc) is 3.11. The number of nitrogens with one attached hydrogen (secondary N) is 1. The van der Waals surface area contributed by atoms with Crippen molar-refractivity contribution in [1.29, 1.82) is 0 Å². The van der Waals surface area contributed by atoms with Crippen LogP contribution in [-0.4, -0.2) is 84.8 Å². The Morgan fingerprint density at radius 2 is 1.68 bits per heavy atom. The van der Waals surface area contributed by atoms with Crippen molar-refractivity contribution in [3.05, 3.63) is 65.0 Å². The van der Waals surface area contributed by atoms with Crippen molar-refractivity contribution >= 4 is 33.6 Å². The number of imide groups is 1. The predicted octanol–water partition coefficient (Wildman–Crippen LogP) is 3.46. The van der Waals surface area contributed by atoms with Gasteiger partial charge in [-0.25, -0.2) is 17.6 Å². The minimum Gasteiger partial charge on any atom is -0.341 e. The Labute approximate surface area is 251 Å². The van der Waals surface area contributed by atoms with Crippen LogP contribution in [0.1, 0.15) is 48.2 Å². The summed E-state index contributed by atoms with van der Waals surface area (Å²) < 4.78 is 77.9. The van der Waals surface area contributed by atoms with E-state index in [1.54, 1.807) is 19.9 Å². The molecule has 4 rings (SSSR count). The highest BCUT2D eigenvalue weighted by Crippen LogP contribution is 2.38. The van der Waals surface area contributed by atoms with Crippen LogP contribution in [0.15, 0.2) is 47.4 Å². The Morgan fingerprint density at radius 1 is 1.05 bits per heavy atom. The molecule has 1 atom stereocenters. The van der Waals surface area contributed by atoms with E-state index in [1.165, 1.54) is 35.0 Å². The molecule has 238 valence electrons. The molecular weight excluding hydrogens is 608 g/mol. The van der Waals surface area contributed by atoms with Gasteiger partial charge in [0, 0.05) is 32.9 Å². The summed E-state index contributed by atoms with van der Waals surface area (Å²) >= 11 is 0. The molecule has 0 radical (unpaired) electrons. The Bertz CT molecular complexity index is 1600. The van der Waals surface area contributed by atoms with E-state index in [0.717, 1.165) is 11.2 Å². The Morgan fingerprint density at radius 3 is 2.25 bits per heavy atom. The average molecular weight is 641 g/mol. The summed E-state index contributed by atoms with van der Waals surface area (Å²) in [5.41, 5.74) is -2.89. The normalized spacial score (nSPS) is 17.9. The molecule has 0 saturated carbocycles. The first-order chi connectivity index (χ1) is 20.4. The zero-order valence-corrected chi connectivity index (χ0v) is 25.3. The van der Waals surface area contributed by atoms with Gasteiger partial charge in [0.05, 0.1) is 16.0 Å². The molecule has 2 aliphatic rings. The van der Waals surface area contributed by atoms with E-state index in [9.17, 15) is 45.2 Å². The summed E-state index contributed by atoms with van der Waals surface area (Å²) in [4.78, 5) is 56.7. The second kappa shape index (κ2) is 11.8. The number of alkyl halides is 3. The summed E-state index contributed by atoms with van der Waals surface area (Å²) in [6.07, 6.45) is -3.67. The van der Waals surface area contributed by atoms with Crippen LogP contribution in [0.25, 0.3) is 0 Å². The lowest BCUT2D eigenvalue weighted by Gasteiger charge is -2.43. The number of rotatable bonds is 7. The molecule has 0 bridgehead atoms. The number of amides is 5. The molecule has 2 saturated heterocycles. The number of likely N-dealkylation sites (N-methyl/N-ethyl adjacent to an activating group) is 1. The largest absolute Gasteiger partial charge is 0.416 e. The number of urea groups is 1. The van der Waals surface area contributed by atoms with Gasteiger partial charge in [0.1, 0.15) is 17.4 Å². The molecular formula is C29H32F4N4O6S.